The van der Waals surface area contributed by atoms with Gasteiger partial charge in [0, 0.05) is 74.4 Å². The predicted molar refractivity (Wildman–Crippen MR) is 145 cm³/mol. The molecule has 1 aliphatic rings. The first-order valence-electron chi connectivity index (χ1n) is 12.7. The molecule has 1 aliphatic heterocycles. The molecule has 190 valence electrons. The third kappa shape index (κ3) is 5.98. The number of aromatic amines is 1. The third-order valence-electron chi connectivity index (χ3n) is 6.96. The summed E-state index contributed by atoms with van der Waals surface area (Å²) < 4.78 is 0. The Labute approximate surface area is 216 Å². The number of rotatable bonds is 8. The van der Waals surface area contributed by atoms with Crippen LogP contribution in [0, 0.1) is 0 Å². The van der Waals surface area contributed by atoms with E-state index in [-0.39, 0.29) is 6.04 Å². The van der Waals surface area contributed by atoms with Crippen LogP contribution in [0.15, 0.2) is 85.3 Å². The molecule has 0 unspecified atom stereocenters. The number of anilines is 1. The molecule has 3 heterocycles. The van der Waals surface area contributed by atoms with Crippen LogP contribution in [-0.4, -0.2) is 66.0 Å². The second kappa shape index (κ2) is 11.7. The molecule has 0 spiro atoms. The predicted octanol–water partition coefficient (Wildman–Crippen LogP) is 2.90. The second-order valence-electron chi connectivity index (χ2n) is 9.24. The first-order chi connectivity index (χ1) is 18.2. The van der Waals surface area contributed by atoms with Crippen molar-refractivity contribution in [1.29, 1.82) is 0 Å². The summed E-state index contributed by atoms with van der Waals surface area (Å²) in [5.74, 6) is -1.23. The van der Waals surface area contributed by atoms with E-state index >= 15 is 0 Å². The highest BCUT2D eigenvalue weighted by Crippen LogP contribution is 2.23. The van der Waals surface area contributed by atoms with Crippen molar-refractivity contribution in [2.75, 3.05) is 44.2 Å². The largest absolute Gasteiger partial charge is 0.369 e. The number of amides is 2. The maximum absolute atomic E-state index is 12.6. The van der Waals surface area contributed by atoms with Gasteiger partial charge in [0.2, 0.25) is 0 Å². The minimum absolute atomic E-state index is 0.0606. The number of carbonyl (C=O) groups excluding carboxylic acids is 2. The molecule has 0 bridgehead atoms. The summed E-state index contributed by atoms with van der Waals surface area (Å²) in [6.45, 7) is 4.21. The zero-order chi connectivity index (χ0) is 25.5. The number of hydrogen-bond donors (Lipinski definition) is 3. The number of benzene rings is 2. The zero-order valence-corrected chi connectivity index (χ0v) is 20.8. The molecule has 0 saturated carbocycles. The van der Waals surface area contributed by atoms with Crippen LogP contribution in [0.3, 0.4) is 0 Å². The van der Waals surface area contributed by atoms with Crippen molar-refractivity contribution in [2.45, 2.75) is 12.5 Å². The average Bonchev–Trinajstić information content (AvgIpc) is 3.37. The Hall–Kier alpha value is -4.17. The Morgan fingerprint density at radius 1 is 0.892 bits per heavy atom. The van der Waals surface area contributed by atoms with Crippen LogP contribution >= 0.6 is 0 Å². The van der Waals surface area contributed by atoms with Crippen molar-refractivity contribution >= 4 is 28.4 Å². The number of hydrogen-bond acceptors (Lipinski definition) is 5. The van der Waals surface area contributed by atoms with E-state index in [1.165, 1.54) is 5.69 Å². The number of aromatic nitrogens is 2. The molecule has 4 aromatic rings. The maximum Gasteiger partial charge on any atom is 0.309 e. The smallest absolute Gasteiger partial charge is 0.309 e. The van der Waals surface area contributed by atoms with E-state index in [4.69, 9.17) is 0 Å². The summed E-state index contributed by atoms with van der Waals surface area (Å²) in [6.07, 6.45) is 6.18. The van der Waals surface area contributed by atoms with Crippen LogP contribution in [0.4, 0.5) is 5.69 Å². The van der Waals surface area contributed by atoms with Crippen molar-refractivity contribution in [3.8, 4) is 0 Å². The first kappa shape index (κ1) is 24.5. The van der Waals surface area contributed by atoms with Gasteiger partial charge in [-0.25, -0.2) is 0 Å². The molecule has 8 nitrogen and oxygen atoms in total. The number of nitrogens with zero attached hydrogens (tertiary/aromatic N) is 3. The minimum atomic E-state index is -0.615. The van der Waals surface area contributed by atoms with E-state index in [9.17, 15) is 9.59 Å². The first-order valence-corrected chi connectivity index (χ1v) is 12.7. The summed E-state index contributed by atoms with van der Waals surface area (Å²) in [5, 5.41) is 6.74. The number of pyridine rings is 1. The Kier molecular flexibility index (Phi) is 7.76. The average molecular weight is 497 g/mol. The Balaban J connectivity index is 1.15. The summed E-state index contributed by atoms with van der Waals surface area (Å²) >= 11 is 0. The number of fused-ring (bicyclic) bond motifs is 1. The molecule has 5 rings (SSSR count). The lowest BCUT2D eigenvalue weighted by molar-refractivity contribution is -0.139. The van der Waals surface area contributed by atoms with E-state index in [1.807, 2.05) is 54.9 Å². The van der Waals surface area contributed by atoms with Crippen LogP contribution < -0.4 is 15.5 Å². The lowest BCUT2D eigenvalue weighted by Crippen LogP contribution is -2.51. The molecule has 1 atom stereocenters. The SMILES string of the molecule is O=C(NCCc1c[nH]c2ccccc12)C(=O)NC[C@@H](c1cccnc1)N1CCN(c2ccccc2)CC1. The van der Waals surface area contributed by atoms with Gasteiger partial charge in [0.25, 0.3) is 0 Å². The van der Waals surface area contributed by atoms with Gasteiger partial charge in [0.05, 0.1) is 6.04 Å². The number of carbonyl (C=O) groups is 2. The molecule has 2 aromatic carbocycles. The number of nitrogens with one attached hydrogen (secondary N) is 3. The van der Waals surface area contributed by atoms with Gasteiger partial charge in [-0.15, -0.1) is 0 Å². The number of piperazine rings is 1. The fourth-order valence-electron chi connectivity index (χ4n) is 4.96. The van der Waals surface area contributed by atoms with Gasteiger partial charge in [-0.2, -0.15) is 0 Å². The molecular weight excluding hydrogens is 464 g/mol. The van der Waals surface area contributed by atoms with Crippen LogP contribution in [0.1, 0.15) is 17.2 Å². The van der Waals surface area contributed by atoms with Gasteiger partial charge in [-0.3, -0.25) is 19.5 Å². The Morgan fingerprint density at radius 3 is 2.43 bits per heavy atom. The van der Waals surface area contributed by atoms with Crippen molar-refractivity contribution in [3.05, 3.63) is 96.4 Å². The fourth-order valence-corrected chi connectivity index (χ4v) is 4.96. The van der Waals surface area contributed by atoms with E-state index in [0.717, 1.165) is 48.2 Å². The van der Waals surface area contributed by atoms with Gasteiger partial charge in [0.15, 0.2) is 0 Å². The van der Waals surface area contributed by atoms with Crippen molar-refractivity contribution < 1.29 is 9.59 Å². The van der Waals surface area contributed by atoms with E-state index in [0.29, 0.717) is 19.5 Å². The van der Waals surface area contributed by atoms with Gasteiger partial charge in [-0.1, -0.05) is 42.5 Å². The summed E-state index contributed by atoms with van der Waals surface area (Å²) in [6, 6.07) is 22.3. The standard InChI is InChI=1S/C29H32N6O2/c36-28(31-14-12-22-20-32-26-11-5-4-10-25(22)26)29(37)33-21-27(23-7-6-13-30-19-23)35-17-15-34(16-18-35)24-8-2-1-3-9-24/h1-11,13,19-20,27,32H,12,14-18,21H2,(H,31,36)(H,33,37)/t27-/m0/s1. The summed E-state index contributed by atoms with van der Waals surface area (Å²) in [7, 11) is 0. The van der Waals surface area contributed by atoms with Crippen LogP contribution in [0.2, 0.25) is 0 Å². The van der Waals surface area contributed by atoms with E-state index in [2.05, 4.69) is 54.7 Å². The lowest BCUT2D eigenvalue weighted by Gasteiger charge is -2.40. The van der Waals surface area contributed by atoms with Gasteiger partial charge >= 0.3 is 11.8 Å². The molecular formula is C29H32N6O2. The van der Waals surface area contributed by atoms with Crippen LogP contribution in [-0.2, 0) is 16.0 Å². The van der Waals surface area contributed by atoms with Crippen molar-refractivity contribution in [1.82, 2.24) is 25.5 Å². The normalized spacial score (nSPS) is 14.9. The highest BCUT2D eigenvalue weighted by Gasteiger charge is 2.26. The number of H-pyrrole nitrogens is 1. The molecule has 1 saturated heterocycles. The molecule has 37 heavy (non-hydrogen) atoms. The molecule has 2 aromatic heterocycles. The van der Waals surface area contributed by atoms with Crippen LogP contribution in [0.5, 0.6) is 0 Å². The van der Waals surface area contributed by atoms with E-state index < -0.39 is 11.8 Å². The highest BCUT2D eigenvalue weighted by molar-refractivity contribution is 6.35. The molecule has 0 radical (unpaired) electrons. The second-order valence-corrected chi connectivity index (χ2v) is 9.24. The lowest BCUT2D eigenvalue weighted by atomic mass is 10.1. The Bertz CT molecular complexity index is 1320. The maximum atomic E-state index is 12.6. The molecule has 2 amide bonds. The van der Waals surface area contributed by atoms with E-state index in [1.54, 1.807) is 6.20 Å². The Morgan fingerprint density at radius 2 is 1.65 bits per heavy atom. The third-order valence-corrected chi connectivity index (χ3v) is 6.96. The fraction of sp³-hybridized carbons (Fsp3) is 0.276. The minimum Gasteiger partial charge on any atom is -0.369 e. The topological polar surface area (TPSA) is 93.4 Å². The van der Waals surface area contributed by atoms with Gasteiger partial charge < -0.3 is 20.5 Å². The molecule has 8 heteroatoms. The van der Waals surface area contributed by atoms with Crippen LogP contribution in [0.25, 0.3) is 10.9 Å². The van der Waals surface area contributed by atoms with Crippen molar-refractivity contribution in [2.24, 2.45) is 0 Å². The van der Waals surface area contributed by atoms with Gasteiger partial charge in [-0.05, 0) is 41.8 Å². The molecule has 0 aliphatic carbocycles. The molecule has 3 N–H and O–H groups in total. The summed E-state index contributed by atoms with van der Waals surface area (Å²) in [4.78, 5) is 37.4. The monoisotopic (exact) mass is 496 g/mol. The zero-order valence-electron chi connectivity index (χ0n) is 20.8. The quantitative estimate of drug-likeness (QED) is 0.326. The van der Waals surface area contributed by atoms with Gasteiger partial charge in [0.1, 0.15) is 0 Å². The molecule has 1 fully saturated rings. The summed E-state index contributed by atoms with van der Waals surface area (Å²) in [5.41, 5.74) is 4.42. The van der Waals surface area contributed by atoms with Crippen molar-refractivity contribution in [3.63, 3.8) is 0 Å². The number of para-hydroxylation sites is 2. The highest BCUT2D eigenvalue weighted by atomic mass is 16.2.